The van der Waals surface area contributed by atoms with Gasteiger partial charge in [0.25, 0.3) is 0 Å². The van der Waals surface area contributed by atoms with Gasteiger partial charge in [-0.25, -0.2) is 4.98 Å². The number of aromatic nitrogens is 4. The van der Waals surface area contributed by atoms with E-state index in [4.69, 9.17) is 9.97 Å². The molecule has 2 aromatic heterocycles. The summed E-state index contributed by atoms with van der Waals surface area (Å²) in [5, 5.41) is 19.5. The van der Waals surface area contributed by atoms with E-state index >= 15 is 0 Å². The van der Waals surface area contributed by atoms with Gasteiger partial charge in [0.1, 0.15) is 0 Å². The second-order valence-electron chi connectivity index (χ2n) is 9.52. The molecule has 0 bridgehead atoms. The van der Waals surface area contributed by atoms with Crippen molar-refractivity contribution in [1.82, 2.24) is 19.5 Å². The molecule has 1 aliphatic carbocycles. The van der Waals surface area contributed by atoms with Crippen LogP contribution in [0, 0.1) is 18.8 Å². The number of carbonyl (C=O) groups is 1. The lowest BCUT2D eigenvalue weighted by Crippen LogP contribution is -2.29. The molecule has 0 radical (unpaired) electrons. The number of aryl methyl sites for hydroxylation is 2. The van der Waals surface area contributed by atoms with Crippen molar-refractivity contribution in [3.05, 3.63) is 66.0 Å². The Morgan fingerprint density at radius 1 is 1.08 bits per heavy atom. The highest BCUT2D eigenvalue weighted by atomic mass is 16.3. The molecule has 0 atom stereocenters. The van der Waals surface area contributed by atoms with Gasteiger partial charge in [-0.05, 0) is 69.9 Å². The average Bonchev–Trinajstić information content (AvgIpc) is 3.33. The number of imidazole rings is 1. The predicted molar refractivity (Wildman–Crippen MR) is 149 cm³/mol. The van der Waals surface area contributed by atoms with Crippen molar-refractivity contribution in [3.63, 3.8) is 0 Å². The van der Waals surface area contributed by atoms with Crippen LogP contribution in [0.25, 0.3) is 11.2 Å². The van der Waals surface area contributed by atoms with Crippen LogP contribution in [0.4, 0.5) is 23.1 Å². The van der Waals surface area contributed by atoms with Crippen molar-refractivity contribution in [1.29, 1.82) is 0 Å². The fraction of sp³-hybridized carbons (Fsp3) is 0.310. The highest BCUT2D eigenvalue weighted by Gasteiger charge is 2.21. The first kappa shape index (κ1) is 25.2. The van der Waals surface area contributed by atoms with Crippen molar-refractivity contribution >= 4 is 40.2 Å². The predicted octanol–water partition coefficient (Wildman–Crippen LogP) is 4.60. The fourth-order valence-electron chi connectivity index (χ4n) is 4.47. The zero-order valence-corrected chi connectivity index (χ0v) is 21.5. The SMILES string of the molecule is CCn1cnc2c(Nc3cccc(NC(=O)C#Cc4ccc(C)cc4)c3)nc(NC3CCC(O)CC3)nc21. The van der Waals surface area contributed by atoms with Crippen LogP contribution in [0.5, 0.6) is 0 Å². The number of anilines is 4. The maximum absolute atomic E-state index is 12.4. The van der Waals surface area contributed by atoms with Crippen LogP contribution in [0.3, 0.4) is 0 Å². The van der Waals surface area contributed by atoms with E-state index in [1.165, 1.54) is 0 Å². The summed E-state index contributed by atoms with van der Waals surface area (Å²) >= 11 is 0. The van der Waals surface area contributed by atoms with Gasteiger partial charge in [-0.15, -0.1) is 0 Å². The number of nitrogens with one attached hydrogen (secondary N) is 3. The van der Waals surface area contributed by atoms with E-state index in [0.717, 1.165) is 54.7 Å². The van der Waals surface area contributed by atoms with Gasteiger partial charge in [0.15, 0.2) is 17.0 Å². The minimum absolute atomic E-state index is 0.209. The monoisotopic (exact) mass is 509 g/mol. The highest BCUT2D eigenvalue weighted by molar-refractivity contribution is 6.04. The van der Waals surface area contributed by atoms with Gasteiger partial charge in [0, 0.05) is 35.4 Å². The lowest BCUT2D eigenvalue weighted by molar-refractivity contribution is -0.111. The van der Waals surface area contributed by atoms with Crippen LogP contribution in [0.15, 0.2) is 54.9 Å². The zero-order valence-electron chi connectivity index (χ0n) is 21.5. The molecule has 2 heterocycles. The molecule has 9 nitrogen and oxygen atoms in total. The van der Waals surface area contributed by atoms with Crippen molar-refractivity contribution < 1.29 is 9.90 Å². The van der Waals surface area contributed by atoms with Crippen LogP contribution in [0.1, 0.15) is 43.7 Å². The molecular formula is C29H31N7O2. The molecule has 1 saturated carbocycles. The van der Waals surface area contributed by atoms with Gasteiger partial charge in [-0.2, -0.15) is 9.97 Å². The molecule has 0 saturated heterocycles. The lowest BCUT2D eigenvalue weighted by Gasteiger charge is -2.26. The molecule has 5 rings (SSSR count). The van der Waals surface area contributed by atoms with Gasteiger partial charge in [0.2, 0.25) is 5.95 Å². The Hall–Kier alpha value is -4.42. The quantitative estimate of drug-likeness (QED) is 0.281. The molecule has 0 spiro atoms. The number of nitrogens with zero attached hydrogens (tertiary/aromatic N) is 4. The Balaban J connectivity index is 1.34. The minimum atomic E-state index is -0.391. The molecule has 38 heavy (non-hydrogen) atoms. The lowest BCUT2D eigenvalue weighted by atomic mass is 9.93. The Bertz CT molecular complexity index is 1490. The third-order valence-electron chi connectivity index (χ3n) is 6.59. The topological polar surface area (TPSA) is 117 Å². The summed E-state index contributed by atoms with van der Waals surface area (Å²) in [6, 6.07) is 15.3. The number of hydrogen-bond acceptors (Lipinski definition) is 7. The normalized spacial score (nSPS) is 16.9. The number of aliphatic hydroxyl groups is 1. The number of fused-ring (bicyclic) bond motifs is 1. The van der Waals surface area contributed by atoms with Crippen molar-refractivity contribution in [2.24, 2.45) is 0 Å². The fourth-order valence-corrected chi connectivity index (χ4v) is 4.47. The van der Waals surface area contributed by atoms with E-state index in [1.807, 2.05) is 66.9 Å². The van der Waals surface area contributed by atoms with Crippen LogP contribution < -0.4 is 16.0 Å². The van der Waals surface area contributed by atoms with E-state index in [1.54, 1.807) is 6.33 Å². The molecule has 0 aliphatic heterocycles. The first-order valence-corrected chi connectivity index (χ1v) is 12.9. The van der Waals surface area contributed by atoms with E-state index in [0.29, 0.717) is 23.0 Å². The second-order valence-corrected chi connectivity index (χ2v) is 9.52. The molecule has 9 heteroatoms. The summed E-state index contributed by atoms with van der Waals surface area (Å²) in [7, 11) is 0. The first-order chi connectivity index (χ1) is 18.5. The maximum atomic E-state index is 12.4. The Labute approximate surface area is 221 Å². The second kappa shape index (κ2) is 11.3. The number of carbonyl (C=O) groups excluding carboxylic acids is 1. The van der Waals surface area contributed by atoms with Crippen molar-refractivity contribution in [2.45, 2.75) is 58.2 Å². The van der Waals surface area contributed by atoms with Crippen molar-refractivity contribution in [3.8, 4) is 11.8 Å². The molecule has 0 unspecified atom stereocenters. The Morgan fingerprint density at radius 3 is 2.61 bits per heavy atom. The zero-order chi connectivity index (χ0) is 26.5. The Kier molecular flexibility index (Phi) is 7.52. The number of hydrogen-bond donors (Lipinski definition) is 4. The minimum Gasteiger partial charge on any atom is -0.393 e. The average molecular weight is 510 g/mol. The van der Waals surface area contributed by atoms with Gasteiger partial charge in [0.05, 0.1) is 12.4 Å². The highest BCUT2D eigenvalue weighted by Crippen LogP contribution is 2.27. The largest absolute Gasteiger partial charge is 0.393 e. The molecule has 1 aliphatic rings. The third kappa shape index (κ3) is 6.10. The molecule has 1 fully saturated rings. The summed E-state index contributed by atoms with van der Waals surface area (Å²) in [4.78, 5) is 26.4. The smallest absolute Gasteiger partial charge is 0.300 e. The molecular weight excluding hydrogens is 478 g/mol. The molecule has 194 valence electrons. The third-order valence-corrected chi connectivity index (χ3v) is 6.59. The summed E-state index contributed by atoms with van der Waals surface area (Å²) in [6.07, 6.45) is 4.81. The van der Waals surface area contributed by atoms with Crippen LogP contribution in [-0.2, 0) is 11.3 Å². The Morgan fingerprint density at radius 2 is 1.84 bits per heavy atom. The van der Waals surface area contributed by atoms with Gasteiger partial charge >= 0.3 is 5.91 Å². The summed E-state index contributed by atoms with van der Waals surface area (Å²) in [6.45, 7) is 4.78. The van der Waals surface area contributed by atoms with Gasteiger partial charge in [-0.3, -0.25) is 4.79 Å². The number of aliphatic hydroxyl groups excluding tert-OH is 1. The van der Waals surface area contributed by atoms with E-state index in [-0.39, 0.29) is 12.1 Å². The van der Waals surface area contributed by atoms with Crippen LogP contribution in [0.2, 0.25) is 0 Å². The standard InChI is InChI=1S/C29H31N7O2/c1-3-36-18-30-26-27(34-29(35-28(26)36)33-21-12-14-24(37)15-13-21)32-23-6-4-5-22(17-23)31-25(38)16-11-20-9-7-19(2)8-10-20/h4-10,17-18,21,24,37H,3,12-15H2,1-2H3,(H,31,38)(H2,32,33,34,35). The summed E-state index contributed by atoms with van der Waals surface area (Å²) in [5.74, 6) is 6.23. The molecule has 2 aromatic carbocycles. The number of benzene rings is 2. The van der Waals surface area contributed by atoms with E-state index in [9.17, 15) is 9.90 Å². The van der Waals surface area contributed by atoms with E-state index < -0.39 is 5.91 Å². The number of amides is 1. The van der Waals surface area contributed by atoms with Gasteiger partial charge in [-0.1, -0.05) is 29.7 Å². The van der Waals surface area contributed by atoms with Gasteiger partial charge < -0.3 is 25.6 Å². The maximum Gasteiger partial charge on any atom is 0.300 e. The molecule has 4 aromatic rings. The molecule has 1 amide bonds. The van der Waals surface area contributed by atoms with Crippen LogP contribution in [-0.4, -0.2) is 42.7 Å². The summed E-state index contributed by atoms with van der Waals surface area (Å²) < 4.78 is 1.97. The van der Waals surface area contributed by atoms with Crippen molar-refractivity contribution in [2.75, 3.05) is 16.0 Å². The number of rotatable bonds is 6. The molecule has 4 N–H and O–H groups in total. The first-order valence-electron chi connectivity index (χ1n) is 12.9. The van der Waals surface area contributed by atoms with Crippen LogP contribution >= 0.6 is 0 Å². The van der Waals surface area contributed by atoms with E-state index in [2.05, 4.69) is 32.8 Å². The summed E-state index contributed by atoms with van der Waals surface area (Å²) in [5.41, 5.74) is 4.68.